The molecule has 0 spiro atoms. The first-order chi connectivity index (χ1) is 11.2. The maximum atomic E-state index is 11.4. The van der Waals surface area contributed by atoms with E-state index in [1.165, 1.54) is 70.6 Å². The van der Waals surface area contributed by atoms with E-state index in [9.17, 15) is 4.79 Å². The summed E-state index contributed by atoms with van der Waals surface area (Å²) in [6, 6.07) is 0. The fourth-order valence-corrected chi connectivity index (χ4v) is 2.78. The first-order valence-electron chi connectivity index (χ1n) is 10.4. The quantitative estimate of drug-likeness (QED) is 0.211. The Morgan fingerprint density at radius 1 is 0.783 bits per heavy atom. The van der Waals surface area contributed by atoms with E-state index in [1.54, 1.807) is 0 Å². The summed E-state index contributed by atoms with van der Waals surface area (Å²) in [6.45, 7) is 7.37. The van der Waals surface area contributed by atoms with Crippen LogP contribution in [0.1, 0.15) is 117 Å². The predicted molar refractivity (Wildman–Crippen MR) is 101 cm³/mol. The lowest BCUT2D eigenvalue weighted by Gasteiger charge is -2.07. The van der Waals surface area contributed by atoms with Crippen LogP contribution < -0.4 is 0 Å². The number of ether oxygens (including phenoxy) is 1. The minimum absolute atomic E-state index is 0.00385. The molecule has 23 heavy (non-hydrogen) atoms. The molecule has 0 aliphatic heterocycles. The molecule has 0 aromatic carbocycles. The Hall–Kier alpha value is -0.530. The molecule has 0 N–H and O–H groups in total. The Bertz CT molecular complexity index is 250. The number of esters is 1. The lowest BCUT2D eigenvalue weighted by Crippen LogP contribution is -2.05. The molecule has 1 unspecified atom stereocenters. The van der Waals surface area contributed by atoms with Crippen molar-refractivity contribution in [2.45, 2.75) is 117 Å². The topological polar surface area (TPSA) is 26.3 Å². The van der Waals surface area contributed by atoms with Gasteiger partial charge >= 0.3 is 5.97 Å². The van der Waals surface area contributed by atoms with Gasteiger partial charge in [0.2, 0.25) is 0 Å². The second-order valence-electron chi connectivity index (χ2n) is 7.16. The highest BCUT2D eigenvalue weighted by molar-refractivity contribution is 5.69. The molecule has 138 valence electrons. The average Bonchev–Trinajstić information content (AvgIpc) is 2.55. The molecule has 0 amide bonds. The maximum Gasteiger partial charge on any atom is 0.305 e. The van der Waals surface area contributed by atoms with Crippen molar-refractivity contribution in [3.05, 3.63) is 0 Å². The number of carbonyl (C=O) groups excluding carboxylic acids is 1. The zero-order chi connectivity index (χ0) is 17.2. The molecule has 0 bridgehead atoms. The van der Waals surface area contributed by atoms with Gasteiger partial charge in [0.25, 0.3) is 0 Å². The summed E-state index contributed by atoms with van der Waals surface area (Å²) < 4.78 is 5.16. The standard InChI is InChI=1S/C21H42O2/c1-4-6-19-23-21(22)18-16-14-12-10-8-7-9-11-13-15-17-20(3)5-2/h20H,4-19H2,1-3H3. The molecule has 0 radical (unpaired) electrons. The van der Waals surface area contributed by atoms with E-state index < -0.39 is 0 Å². The van der Waals surface area contributed by atoms with Crippen LogP contribution >= 0.6 is 0 Å². The predicted octanol–water partition coefficient (Wildman–Crippen LogP) is 7.06. The summed E-state index contributed by atoms with van der Waals surface area (Å²) in [5, 5.41) is 0. The van der Waals surface area contributed by atoms with Gasteiger partial charge in [-0.25, -0.2) is 0 Å². The highest BCUT2D eigenvalue weighted by Crippen LogP contribution is 2.15. The minimum Gasteiger partial charge on any atom is -0.466 e. The minimum atomic E-state index is -0.00385. The summed E-state index contributed by atoms with van der Waals surface area (Å²) in [5.74, 6) is 0.912. The van der Waals surface area contributed by atoms with E-state index in [2.05, 4.69) is 20.8 Å². The number of hydrogen-bond donors (Lipinski definition) is 0. The molecule has 0 fully saturated rings. The Kier molecular flexibility index (Phi) is 17.4. The van der Waals surface area contributed by atoms with Crippen molar-refractivity contribution in [3.8, 4) is 0 Å². The van der Waals surface area contributed by atoms with Crippen LogP contribution in [-0.2, 0) is 9.53 Å². The molecule has 2 nitrogen and oxygen atoms in total. The Balaban J connectivity index is 3.12. The molecule has 1 atom stereocenters. The molecule has 2 heteroatoms. The first-order valence-corrected chi connectivity index (χ1v) is 10.4. The fourth-order valence-electron chi connectivity index (χ4n) is 2.78. The lowest BCUT2D eigenvalue weighted by atomic mass is 9.99. The summed E-state index contributed by atoms with van der Waals surface area (Å²) in [5.41, 5.74) is 0. The maximum absolute atomic E-state index is 11.4. The van der Waals surface area contributed by atoms with E-state index in [-0.39, 0.29) is 5.97 Å². The third-order valence-electron chi connectivity index (χ3n) is 4.79. The van der Waals surface area contributed by atoms with E-state index >= 15 is 0 Å². The Morgan fingerprint density at radius 3 is 1.83 bits per heavy atom. The van der Waals surface area contributed by atoms with Crippen molar-refractivity contribution in [2.75, 3.05) is 6.61 Å². The third-order valence-corrected chi connectivity index (χ3v) is 4.79. The molecule has 0 aromatic heterocycles. The average molecular weight is 327 g/mol. The van der Waals surface area contributed by atoms with Gasteiger partial charge in [-0.2, -0.15) is 0 Å². The van der Waals surface area contributed by atoms with Gasteiger partial charge in [-0.1, -0.05) is 97.8 Å². The van der Waals surface area contributed by atoms with Crippen LogP contribution in [0, 0.1) is 5.92 Å². The molecule has 0 aliphatic carbocycles. The van der Waals surface area contributed by atoms with Crippen LogP contribution in [-0.4, -0.2) is 12.6 Å². The van der Waals surface area contributed by atoms with Gasteiger partial charge in [0, 0.05) is 6.42 Å². The molecule has 0 rings (SSSR count). The SMILES string of the molecule is CCCCOC(=O)CCCCCCCCCCCCC(C)CC. The summed E-state index contributed by atoms with van der Waals surface area (Å²) in [7, 11) is 0. The number of rotatable bonds is 17. The normalized spacial score (nSPS) is 12.3. The van der Waals surface area contributed by atoms with Crippen molar-refractivity contribution in [1.82, 2.24) is 0 Å². The highest BCUT2D eigenvalue weighted by atomic mass is 16.5. The smallest absolute Gasteiger partial charge is 0.305 e. The van der Waals surface area contributed by atoms with Gasteiger partial charge in [0.1, 0.15) is 0 Å². The van der Waals surface area contributed by atoms with Crippen LogP contribution in [0.25, 0.3) is 0 Å². The third kappa shape index (κ3) is 17.7. The Labute approximate surface area is 145 Å². The van der Waals surface area contributed by atoms with Crippen LogP contribution in [0.2, 0.25) is 0 Å². The largest absolute Gasteiger partial charge is 0.466 e. The monoisotopic (exact) mass is 326 g/mol. The lowest BCUT2D eigenvalue weighted by molar-refractivity contribution is -0.143. The molecule has 0 heterocycles. The summed E-state index contributed by atoms with van der Waals surface area (Å²) in [4.78, 5) is 11.4. The molecule has 0 saturated carbocycles. The van der Waals surface area contributed by atoms with Crippen LogP contribution in [0.4, 0.5) is 0 Å². The summed E-state index contributed by atoms with van der Waals surface area (Å²) in [6.07, 6.45) is 18.6. The molecular formula is C21H42O2. The molecule has 0 aliphatic rings. The van der Waals surface area contributed by atoms with Gasteiger partial charge in [-0.05, 0) is 18.8 Å². The van der Waals surface area contributed by atoms with Crippen molar-refractivity contribution in [1.29, 1.82) is 0 Å². The Morgan fingerprint density at radius 2 is 1.30 bits per heavy atom. The van der Waals surface area contributed by atoms with Gasteiger partial charge < -0.3 is 4.74 Å². The van der Waals surface area contributed by atoms with E-state index in [4.69, 9.17) is 4.74 Å². The first kappa shape index (κ1) is 22.5. The van der Waals surface area contributed by atoms with Crippen molar-refractivity contribution in [3.63, 3.8) is 0 Å². The van der Waals surface area contributed by atoms with E-state index in [0.29, 0.717) is 13.0 Å². The fraction of sp³-hybridized carbons (Fsp3) is 0.952. The van der Waals surface area contributed by atoms with Crippen molar-refractivity contribution >= 4 is 5.97 Å². The van der Waals surface area contributed by atoms with Gasteiger partial charge in [0.05, 0.1) is 6.61 Å². The van der Waals surface area contributed by atoms with E-state index in [0.717, 1.165) is 25.2 Å². The van der Waals surface area contributed by atoms with Crippen molar-refractivity contribution in [2.24, 2.45) is 5.92 Å². The zero-order valence-corrected chi connectivity index (χ0v) is 16.2. The summed E-state index contributed by atoms with van der Waals surface area (Å²) >= 11 is 0. The second kappa shape index (κ2) is 17.8. The van der Waals surface area contributed by atoms with Gasteiger partial charge in [0.15, 0.2) is 0 Å². The number of hydrogen-bond acceptors (Lipinski definition) is 2. The number of carbonyl (C=O) groups is 1. The van der Waals surface area contributed by atoms with Crippen LogP contribution in [0.3, 0.4) is 0 Å². The van der Waals surface area contributed by atoms with Crippen LogP contribution in [0.15, 0.2) is 0 Å². The van der Waals surface area contributed by atoms with Crippen LogP contribution in [0.5, 0.6) is 0 Å². The second-order valence-corrected chi connectivity index (χ2v) is 7.16. The highest BCUT2D eigenvalue weighted by Gasteiger charge is 2.02. The number of unbranched alkanes of at least 4 members (excludes halogenated alkanes) is 10. The van der Waals surface area contributed by atoms with E-state index in [1.807, 2.05) is 0 Å². The molecule has 0 saturated heterocycles. The zero-order valence-electron chi connectivity index (χ0n) is 16.2. The van der Waals surface area contributed by atoms with Gasteiger partial charge in [-0.15, -0.1) is 0 Å². The van der Waals surface area contributed by atoms with Crippen molar-refractivity contribution < 1.29 is 9.53 Å². The van der Waals surface area contributed by atoms with Gasteiger partial charge in [-0.3, -0.25) is 4.79 Å². The molecule has 0 aromatic rings. The molecular weight excluding hydrogens is 284 g/mol.